The van der Waals surface area contributed by atoms with E-state index >= 15 is 0 Å². The number of aliphatic hydroxyl groups is 10. The Labute approximate surface area is 806 Å². The molecule has 1 heterocycles. The lowest BCUT2D eigenvalue weighted by molar-refractivity contribution is -0.143. The van der Waals surface area contributed by atoms with Crippen molar-refractivity contribution in [2.45, 2.75) is 282 Å². The molecule has 812 valence electrons. The van der Waals surface area contributed by atoms with Gasteiger partial charge in [0.25, 0.3) is 0 Å². The summed E-state index contributed by atoms with van der Waals surface area (Å²) in [6.07, 6.45) is 9.39. The Morgan fingerprint density at radius 1 is 0.328 bits per heavy atom. The van der Waals surface area contributed by atoms with Gasteiger partial charge >= 0.3 is 12.1 Å². The highest BCUT2D eigenvalue weighted by molar-refractivity contribution is 5.78. The highest BCUT2D eigenvalue weighted by atomic mass is 16.7. The molecule has 11 N–H and O–H groups in total. The molecule has 0 saturated carbocycles. The van der Waals surface area contributed by atoms with E-state index in [9.17, 15) is 19.2 Å². The summed E-state index contributed by atoms with van der Waals surface area (Å²) in [5.74, 6) is 0.545. The molecule has 0 radical (unpaired) electrons. The summed E-state index contributed by atoms with van der Waals surface area (Å²) in [6.45, 7) is 54.5. The van der Waals surface area contributed by atoms with Gasteiger partial charge in [-0.1, -0.05) is 54.4 Å². The fourth-order valence-electron chi connectivity index (χ4n) is 9.05. The van der Waals surface area contributed by atoms with Crippen LogP contribution in [0.15, 0.2) is 0 Å². The van der Waals surface area contributed by atoms with Crippen LogP contribution in [0.3, 0.4) is 0 Å². The predicted molar refractivity (Wildman–Crippen MR) is 511 cm³/mol. The molecule has 0 aromatic rings. The molecule has 134 heavy (non-hydrogen) atoms. The topological polar surface area (TPSA) is 507 Å². The normalized spacial score (nSPS) is 14.2. The van der Waals surface area contributed by atoms with Crippen LogP contribution in [0.5, 0.6) is 0 Å². The molecule has 1 fully saturated rings. The Morgan fingerprint density at radius 3 is 0.903 bits per heavy atom. The number of nitrogens with one attached hydrogen (secondary N) is 1. The second kappa shape index (κ2) is 122. The Hall–Kier alpha value is -3.56. The van der Waals surface area contributed by atoms with E-state index in [1.165, 1.54) is 7.11 Å². The van der Waals surface area contributed by atoms with Crippen LogP contribution in [-0.4, -0.2) is 457 Å². The van der Waals surface area contributed by atoms with Gasteiger partial charge in [-0.05, 0) is 141 Å². The van der Waals surface area contributed by atoms with E-state index in [-0.39, 0.29) is 144 Å². The van der Waals surface area contributed by atoms with Crippen LogP contribution in [0.25, 0.3) is 0 Å². The molecule has 1 aliphatic heterocycles. The van der Waals surface area contributed by atoms with Crippen LogP contribution in [0.4, 0.5) is 4.79 Å². The third-order valence-electron chi connectivity index (χ3n) is 17.1. The highest BCUT2D eigenvalue weighted by Crippen LogP contribution is 2.15. The molecule has 12 atom stereocenters. The molecule has 40 nitrogen and oxygen atoms in total. The molecule has 0 spiro atoms. The number of hydrogen-bond donors (Lipinski definition) is 11. The number of nitrogens with zero attached hydrogens (tertiary/aromatic N) is 1. The van der Waals surface area contributed by atoms with Gasteiger partial charge in [-0.3, -0.25) is 14.4 Å². The summed E-state index contributed by atoms with van der Waals surface area (Å²) >= 11 is 0. The number of ether oxygens (including phenoxy) is 24. The van der Waals surface area contributed by atoms with Crippen LogP contribution < -0.4 is 5.32 Å². The summed E-state index contributed by atoms with van der Waals surface area (Å²) in [6, 6.07) is 0.719. The van der Waals surface area contributed by atoms with E-state index in [2.05, 4.69) is 28.6 Å². The number of hydrogen-bond acceptors (Lipinski definition) is 38. The molecule has 0 bridgehead atoms. The van der Waals surface area contributed by atoms with Crippen molar-refractivity contribution in [2.24, 2.45) is 5.92 Å². The standard InChI is InChI=1S/C20H42O9.C15H32O8.C14H30O7.C10H22O5.C9H18O3.C8H15NO.C8H17NO.C6H12O3.C4H10O/c1-17(13-25-10-9-23-7-5-21)27-15-19(3)29-16-20(4)28-14-18(2)26-12-11-24-8-6-22;1-15(23-13-12-21-9-7-19-5-3-17)14-22-11-10-20-8-6-18-4-2-16;1-13(11-19-8-7-17-5-3-15)21-12-14(2)20-10-9-18-6-4-16;1-9(7-12)15-8-10(2)14-6-5-13-4-3-11;1-2-8-12-9(11)6-4-3-5-7-10;1-3-7(2)9-6-4-5-8(9)10;1-5-7(4)8(10)9-6(2)3;1-3-4-5-9-6(7)8-2;1-3-4(2)5/h17-22H,5-16H2,1-4H3;15-17H,2-14H2,1H3;13-16H,3-12H2,1-2H3;9-12H,3-8H2,1-2H3;10H,2-8H2,1H3;7H,3-6H2,1-2H3;6-7H,5H2,1-4H3,(H,9,10);3-5H2,1-2H3;4-5H,3H2,1-2H3. The largest absolute Gasteiger partial charge is 0.507 e. The van der Waals surface area contributed by atoms with Gasteiger partial charge in [-0.15, -0.1) is 0 Å². The monoisotopic (exact) mass is 1960 g/mol. The molecule has 0 aliphatic carbocycles. The average molecular weight is 1960 g/mol. The quantitative estimate of drug-likeness (QED) is 0.0228. The Kier molecular flexibility index (Phi) is 132. The summed E-state index contributed by atoms with van der Waals surface area (Å²) in [5.41, 5.74) is 0. The number of amides is 2. The van der Waals surface area contributed by atoms with Crippen molar-refractivity contribution in [1.82, 2.24) is 10.2 Å². The number of aliphatic hydroxyl groups excluding tert-OH is 10. The van der Waals surface area contributed by atoms with Crippen molar-refractivity contribution in [3.63, 3.8) is 0 Å². The summed E-state index contributed by atoms with van der Waals surface area (Å²) in [5, 5.41) is 88.1. The van der Waals surface area contributed by atoms with Gasteiger partial charge in [0, 0.05) is 44.0 Å². The van der Waals surface area contributed by atoms with E-state index in [4.69, 9.17) is 155 Å². The lowest BCUT2D eigenvalue weighted by Crippen LogP contribution is -2.34. The maximum absolute atomic E-state index is 11.1. The Morgan fingerprint density at radius 2 is 0.634 bits per heavy atom. The molecule has 12 unspecified atom stereocenters. The summed E-state index contributed by atoms with van der Waals surface area (Å²) in [4.78, 5) is 45.3. The first-order valence-corrected chi connectivity index (χ1v) is 48.5. The second-order valence-corrected chi connectivity index (χ2v) is 31.0. The van der Waals surface area contributed by atoms with Gasteiger partial charge in [-0.25, -0.2) is 4.79 Å². The number of unbranched alkanes of at least 4 members (excludes halogenated alkanes) is 3. The minimum Gasteiger partial charge on any atom is -0.466 e. The average Bonchev–Trinajstić information content (AvgIpc) is 1.76. The van der Waals surface area contributed by atoms with Crippen LogP contribution in [-0.2, 0) is 128 Å². The van der Waals surface area contributed by atoms with Gasteiger partial charge in [0.15, 0.2) is 0 Å². The molecular formula is C94H198N2O38. The lowest BCUT2D eigenvalue weighted by Gasteiger charge is -2.22. The fourth-order valence-corrected chi connectivity index (χ4v) is 9.05. The predicted octanol–water partition coefficient (Wildman–Crippen LogP) is 6.53. The van der Waals surface area contributed by atoms with Gasteiger partial charge in [0.05, 0.1) is 352 Å². The smallest absolute Gasteiger partial charge is 0.466 e. The fraction of sp³-hybridized carbons (Fsp3) is 0.957. The Balaban J connectivity index is -0.000000231. The maximum atomic E-state index is 11.1. The molecule has 0 aromatic heterocycles. The van der Waals surface area contributed by atoms with Gasteiger partial charge in [0.1, 0.15) is 0 Å². The van der Waals surface area contributed by atoms with Crippen molar-refractivity contribution < 1.29 is 184 Å². The zero-order valence-corrected chi connectivity index (χ0v) is 86.7. The summed E-state index contributed by atoms with van der Waals surface area (Å²) < 4.78 is 126. The van der Waals surface area contributed by atoms with Crippen LogP contribution in [0, 0.1) is 5.92 Å². The van der Waals surface area contributed by atoms with E-state index in [0.29, 0.717) is 250 Å². The number of likely N-dealkylation sites (tertiary alicyclic amines) is 1. The first-order chi connectivity index (χ1) is 64.4. The third kappa shape index (κ3) is 130. The number of esters is 1. The van der Waals surface area contributed by atoms with Crippen molar-refractivity contribution in [1.29, 1.82) is 0 Å². The lowest BCUT2D eigenvalue weighted by atomic mass is 10.1. The molecule has 1 aliphatic rings. The molecular weight excluding hydrogens is 1770 g/mol. The zero-order chi connectivity index (χ0) is 102. The Bertz CT molecular complexity index is 2240. The molecule has 1 saturated heterocycles. The van der Waals surface area contributed by atoms with E-state index in [1.54, 1.807) is 13.8 Å². The van der Waals surface area contributed by atoms with Gasteiger partial charge in [0.2, 0.25) is 11.8 Å². The van der Waals surface area contributed by atoms with E-state index in [1.807, 2.05) is 109 Å². The van der Waals surface area contributed by atoms with Crippen LogP contribution in [0.1, 0.15) is 209 Å². The minimum absolute atomic E-state index is 0.00266. The van der Waals surface area contributed by atoms with Crippen molar-refractivity contribution >= 4 is 23.9 Å². The van der Waals surface area contributed by atoms with Crippen molar-refractivity contribution in [2.75, 3.05) is 304 Å². The number of rotatable bonds is 83. The van der Waals surface area contributed by atoms with Gasteiger partial charge in [-0.2, -0.15) is 0 Å². The molecule has 40 heteroatoms. The molecule has 2 amide bonds. The number of methoxy groups -OCH3 is 1. The SMILES string of the molecule is CC(CO)OCC(C)OCCOCCO.CC(COCCOCCO)OCC(C)OCC(C)OCC(C)OCCOCCO.CC(COCCOCCO)OCC(C)OCCOCCO.CC(COCCOCCOCCO)OCCOCCOCCO.CCC(C)C(=O)NC(C)C.CCC(C)N1CCCC1=O.CCC(C)O.CCCCOC(=O)OC.CCCOC(=O)CCCCCO. The van der Waals surface area contributed by atoms with Crippen LogP contribution in [0.2, 0.25) is 0 Å². The maximum Gasteiger partial charge on any atom is 0.507 e. The minimum atomic E-state index is -0.594. The van der Waals surface area contributed by atoms with Crippen molar-refractivity contribution in [3.8, 4) is 0 Å². The number of carbonyl (C=O) groups excluding carboxylic acids is 4. The van der Waals surface area contributed by atoms with E-state index < -0.39 is 6.16 Å². The highest BCUT2D eigenvalue weighted by Gasteiger charge is 2.24. The van der Waals surface area contributed by atoms with Crippen molar-refractivity contribution in [3.05, 3.63) is 0 Å². The first-order valence-electron chi connectivity index (χ1n) is 48.5. The molecule has 1 rings (SSSR count). The van der Waals surface area contributed by atoms with E-state index in [0.717, 1.165) is 77.2 Å². The first kappa shape index (κ1) is 146. The third-order valence-corrected chi connectivity index (χ3v) is 17.1. The van der Waals surface area contributed by atoms with Crippen LogP contribution >= 0.6 is 0 Å². The second-order valence-electron chi connectivity index (χ2n) is 31.0. The molecule has 0 aromatic carbocycles. The zero-order valence-electron chi connectivity index (χ0n) is 86.7. The number of carbonyl (C=O) groups is 4. The summed E-state index contributed by atoms with van der Waals surface area (Å²) in [7, 11) is 1.30. The van der Waals surface area contributed by atoms with Gasteiger partial charge < -0.3 is 175 Å².